The van der Waals surface area contributed by atoms with Crippen LogP contribution in [-0.2, 0) is 14.3 Å². The van der Waals surface area contributed by atoms with E-state index in [0.29, 0.717) is 0 Å². The van der Waals surface area contributed by atoms with Crippen LogP contribution in [0.4, 0.5) is 0 Å². The number of aliphatic hydroxyl groups excluding tert-OH is 1. The maximum absolute atomic E-state index is 12.4. The lowest BCUT2D eigenvalue weighted by atomic mass is 9.88. The van der Waals surface area contributed by atoms with Crippen LogP contribution in [0.15, 0.2) is 0 Å². The Morgan fingerprint density at radius 2 is 1.70 bits per heavy atom. The van der Waals surface area contributed by atoms with E-state index < -0.39 is 24.1 Å². The highest BCUT2D eigenvalue weighted by atomic mass is 16.5. The minimum atomic E-state index is -1.27. The minimum Gasteiger partial charge on any atom is -0.467 e. The molecule has 2 atom stereocenters. The second kappa shape index (κ2) is 8.59. The molecule has 130 valence electrons. The third-order valence-corrected chi connectivity index (χ3v) is 3.16. The second-order valence-electron chi connectivity index (χ2n) is 4.76. The zero-order chi connectivity index (χ0) is 17.5. The molecule has 0 amide bonds. The van der Waals surface area contributed by atoms with Gasteiger partial charge in [-0.2, -0.15) is 9.97 Å². The highest BCUT2D eigenvalue weighted by Gasteiger charge is 2.44. The van der Waals surface area contributed by atoms with Gasteiger partial charge in [0.2, 0.25) is 0 Å². The van der Waals surface area contributed by atoms with Crippen molar-refractivity contribution in [3.05, 3.63) is 5.82 Å². The smallest absolute Gasteiger partial charge is 0.322 e. The standard InChI is InChI=1S/C14H23N3O6/c1-6-22-11(19)9(14(3,8-18)23-7-2)10-15-12(20-4)17-13(16-10)21-5/h9,18H,6-8H2,1-5H3. The molecule has 0 saturated heterocycles. The van der Waals surface area contributed by atoms with Gasteiger partial charge >= 0.3 is 18.0 Å². The van der Waals surface area contributed by atoms with Crippen molar-refractivity contribution in [2.45, 2.75) is 32.3 Å². The van der Waals surface area contributed by atoms with Crippen LogP contribution in [0, 0.1) is 0 Å². The van der Waals surface area contributed by atoms with E-state index in [2.05, 4.69) is 15.0 Å². The third kappa shape index (κ3) is 4.49. The van der Waals surface area contributed by atoms with Crippen LogP contribution in [-0.4, -0.2) is 65.7 Å². The van der Waals surface area contributed by atoms with Gasteiger partial charge in [-0.15, -0.1) is 4.98 Å². The Bertz CT molecular complexity index is 505. The topological polar surface area (TPSA) is 113 Å². The molecule has 1 aromatic heterocycles. The zero-order valence-electron chi connectivity index (χ0n) is 14.0. The van der Waals surface area contributed by atoms with Gasteiger partial charge in [-0.1, -0.05) is 0 Å². The molecule has 9 heteroatoms. The normalized spacial score (nSPS) is 14.7. The molecule has 0 saturated carbocycles. The van der Waals surface area contributed by atoms with Crippen LogP contribution in [0.3, 0.4) is 0 Å². The summed E-state index contributed by atoms with van der Waals surface area (Å²) in [5, 5.41) is 9.75. The molecule has 0 radical (unpaired) electrons. The van der Waals surface area contributed by atoms with Crippen molar-refractivity contribution in [2.75, 3.05) is 34.0 Å². The van der Waals surface area contributed by atoms with Crippen molar-refractivity contribution in [3.8, 4) is 12.0 Å². The number of methoxy groups -OCH3 is 2. The van der Waals surface area contributed by atoms with E-state index >= 15 is 0 Å². The highest BCUT2D eigenvalue weighted by Crippen LogP contribution is 2.32. The number of esters is 1. The average molecular weight is 329 g/mol. The second-order valence-corrected chi connectivity index (χ2v) is 4.76. The number of carbonyl (C=O) groups excluding carboxylic acids is 1. The Hall–Kier alpha value is -2.00. The maximum atomic E-state index is 12.4. The molecule has 0 aliphatic rings. The van der Waals surface area contributed by atoms with E-state index in [4.69, 9.17) is 18.9 Å². The minimum absolute atomic E-state index is 0.0158. The molecule has 9 nitrogen and oxygen atoms in total. The van der Waals surface area contributed by atoms with Gasteiger partial charge in [0.05, 0.1) is 27.4 Å². The molecule has 0 aliphatic heterocycles. The van der Waals surface area contributed by atoms with Crippen LogP contribution in [0.25, 0.3) is 0 Å². The summed E-state index contributed by atoms with van der Waals surface area (Å²) in [5.41, 5.74) is -1.27. The van der Waals surface area contributed by atoms with E-state index in [-0.39, 0.29) is 31.1 Å². The molecular formula is C14H23N3O6. The quantitative estimate of drug-likeness (QED) is 0.640. The van der Waals surface area contributed by atoms with E-state index in [1.807, 2.05) is 0 Å². The first kappa shape index (κ1) is 19.0. The summed E-state index contributed by atoms with van der Waals surface area (Å²) in [6.45, 7) is 5.04. The van der Waals surface area contributed by atoms with Crippen molar-refractivity contribution in [3.63, 3.8) is 0 Å². The molecule has 0 spiro atoms. The fourth-order valence-electron chi connectivity index (χ4n) is 2.07. The van der Waals surface area contributed by atoms with E-state index in [0.717, 1.165) is 0 Å². The Labute approximate surface area is 135 Å². The summed E-state index contributed by atoms with van der Waals surface area (Å²) < 4.78 is 20.7. The van der Waals surface area contributed by atoms with Gasteiger partial charge in [-0.3, -0.25) is 4.79 Å². The number of hydrogen-bond acceptors (Lipinski definition) is 9. The third-order valence-electron chi connectivity index (χ3n) is 3.16. The van der Waals surface area contributed by atoms with Gasteiger partial charge in [-0.25, -0.2) is 0 Å². The molecular weight excluding hydrogens is 306 g/mol. The molecule has 2 unspecified atom stereocenters. The molecule has 1 rings (SSSR count). The highest BCUT2D eigenvalue weighted by molar-refractivity contribution is 5.78. The van der Waals surface area contributed by atoms with Gasteiger partial charge < -0.3 is 24.1 Å². The van der Waals surface area contributed by atoms with Crippen LogP contribution >= 0.6 is 0 Å². The van der Waals surface area contributed by atoms with Crippen LogP contribution < -0.4 is 9.47 Å². The number of hydrogen-bond donors (Lipinski definition) is 1. The Morgan fingerprint density at radius 3 is 2.09 bits per heavy atom. The molecule has 0 aliphatic carbocycles. The molecule has 1 aromatic rings. The average Bonchev–Trinajstić information content (AvgIpc) is 2.55. The summed E-state index contributed by atoms with van der Waals surface area (Å²) in [5.74, 6) is -1.65. The Balaban J connectivity index is 3.42. The van der Waals surface area contributed by atoms with Crippen molar-refractivity contribution < 1.29 is 28.8 Å². The largest absolute Gasteiger partial charge is 0.467 e. The van der Waals surface area contributed by atoms with E-state index in [1.165, 1.54) is 14.2 Å². The summed E-state index contributed by atoms with van der Waals surface area (Å²) in [6.07, 6.45) is 0. The monoisotopic (exact) mass is 329 g/mol. The summed E-state index contributed by atoms with van der Waals surface area (Å²) >= 11 is 0. The van der Waals surface area contributed by atoms with Crippen LogP contribution in [0.1, 0.15) is 32.5 Å². The fraction of sp³-hybridized carbons (Fsp3) is 0.714. The lowest BCUT2D eigenvalue weighted by molar-refractivity contribution is -0.158. The van der Waals surface area contributed by atoms with Gasteiger partial charge in [0.1, 0.15) is 11.5 Å². The SMILES string of the molecule is CCOC(=O)C(c1nc(OC)nc(OC)n1)C(C)(CO)OCC. The number of aliphatic hydroxyl groups is 1. The molecule has 1 heterocycles. The summed E-state index contributed by atoms with van der Waals surface area (Å²) in [6, 6.07) is -0.0316. The number of aromatic nitrogens is 3. The first-order chi connectivity index (χ1) is 10.9. The predicted octanol–water partition coefficient (Wildman–Crippen LogP) is 0.323. The predicted molar refractivity (Wildman–Crippen MR) is 79.4 cm³/mol. The number of ether oxygens (including phenoxy) is 4. The molecule has 0 bridgehead atoms. The molecule has 23 heavy (non-hydrogen) atoms. The number of carbonyl (C=O) groups is 1. The van der Waals surface area contributed by atoms with Crippen molar-refractivity contribution >= 4 is 5.97 Å². The molecule has 0 aromatic carbocycles. The van der Waals surface area contributed by atoms with Crippen LogP contribution in [0.5, 0.6) is 12.0 Å². The number of rotatable bonds is 9. The lowest BCUT2D eigenvalue weighted by Crippen LogP contribution is -2.45. The summed E-state index contributed by atoms with van der Waals surface area (Å²) in [7, 11) is 2.76. The van der Waals surface area contributed by atoms with E-state index in [1.54, 1.807) is 20.8 Å². The van der Waals surface area contributed by atoms with Crippen molar-refractivity contribution in [1.82, 2.24) is 15.0 Å². The number of nitrogens with zero attached hydrogens (tertiary/aromatic N) is 3. The Morgan fingerprint density at radius 1 is 1.13 bits per heavy atom. The first-order valence-electron chi connectivity index (χ1n) is 7.21. The molecule has 0 fully saturated rings. The van der Waals surface area contributed by atoms with Gasteiger partial charge in [0, 0.05) is 6.61 Å². The zero-order valence-corrected chi connectivity index (χ0v) is 14.0. The van der Waals surface area contributed by atoms with Gasteiger partial charge in [0.15, 0.2) is 5.82 Å². The maximum Gasteiger partial charge on any atom is 0.322 e. The van der Waals surface area contributed by atoms with Crippen molar-refractivity contribution in [2.24, 2.45) is 0 Å². The van der Waals surface area contributed by atoms with Gasteiger partial charge in [0.25, 0.3) is 0 Å². The van der Waals surface area contributed by atoms with E-state index in [9.17, 15) is 9.90 Å². The first-order valence-corrected chi connectivity index (χ1v) is 7.21. The summed E-state index contributed by atoms with van der Waals surface area (Å²) in [4.78, 5) is 24.5. The van der Waals surface area contributed by atoms with Crippen LogP contribution in [0.2, 0.25) is 0 Å². The lowest BCUT2D eigenvalue weighted by Gasteiger charge is -2.33. The van der Waals surface area contributed by atoms with Gasteiger partial charge in [-0.05, 0) is 20.8 Å². The molecule has 1 N–H and O–H groups in total. The Kier molecular flexibility index (Phi) is 7.11. The fourth-order valence-corrected chi connectivity index (χ4v) is 2.07. The van der Waals surface area contributed by atoms with Crippen molar-refractivity contribution in [1.29, 1.82) is 0 Å².